The van der Waals surface area contributed by atoms with Gasteiger partial charge in [0.2, 0.25) is 0 Å². The molecule has 0 radical (unpaired) electrons. The number of carbonyl (C=O) groups excluding carboxylic acids is 1. The number of esters is 1. The summed E-state index contributed by atoms with van der Waals surface area (Å²) in [6.07, 6.45) is 0. The summed E-state index contributed by atoms with van der Waals surface area (Å²) in [5.74, 6) is -0.609. The molecule has 0 bridgehead atoms. The van der Waals surface area contributed by atoms with Crippen molar-refractivity contribution >= 4 is 23.2 Å². The van der Waals surface area contributed by atoms with Gasteiger partial charge in [-0.05, 0) is 45.0 Å². The third kappa shape index (κ3) is 4.94. The second-order valence-electron chi connectivity index (χ2n) is 5.74. The van der Waals surface area contributed by atoms with Crippen LogP contribution in [0.2, 0.25) is 0 Å². The average Bonchev–Trinajstić information content (AvgIpc) is 2.58. The van der Waals surface area contributed by atoms with Gasteiger partial charge in [0, 0.05) is 5.69 Å². The van der Waals surface area contributed by atoms with E-state index in [0.717, 1.165) is 16.8 Å². The third-order valence-corrected chi connectivity index (χ3v) is 3.58. The molecule has 0 saturated heterocycles. The Morgan fingerprint density at radius 1 is 1.00 bits per heavy atom. The minimum Gasteiger partial charge on any atom is -0.512 e. The number of nitrogens with one attached hydrogen (secondary N) is 1. The van der Waals surface area contributed by atoms with Crippen LogP contribution in [0, 0.1) is 13.8 Å². The fourth-order valence-electron chi connectivity index (χ4n) is 2.19. The Kier molecular flexibility index (Phi) is 5.95. The molecule has 0 amide bonds. The lowest BCUT2D eigenvalue weighted by Crippen LogP contribution is -2.23. The van der Waals surface area contributed by atoms with E-state index in [4.69, 9.17) is 4.74 Å². The van der Waals surface area contributed by atoms with E-state index >= 15 is 0 Å². The number of ether oxygens (including phenoxy) is 1. The number of aliphatic hydroxyl groups excluding tert-OH is 1. The van der Waals surface area contributed by atoms with Crippen molar-refractivity contribution in [2.45, 2.75) is 20.8 Å². The number of benzene rings is 2. The van der Waals surface area contributed by atoms with Crippen molar-refractivity contribution in [1.29, 1.82) is 0 Å². The van der Waals surface area contributed by atoms with E-state index in [0.29, 0.717) is 5.69 Å². The molecule has 25 heavy (non-hydrogen) atoms. The van der Waals surface area contributed by atoms with Crippen molar-refractivity contribution in [3.8, 4) is 0 Å². The van der Waals surface area contributed by atoms with Gasteiger partial charge in [0.1, 0.15) is 17.2 Å². The van der Waals surface area contributed by atoms with Crippen LogP contribution in [-0.4, -0.2) is 24.0 Å². The van der Waals surface area contributed by atoms with Gasteiger partial charge in [-0.2, -0.15) is 0 Å². The van der Waals surface area contributed by atoms with Gasteiger partial charge in [-0.25, -0.2) is 9.79 Å². The smallest absolute Gasteiger partial charge is 0.345 e. The predicted octanol–water partition coefficient (Wildman–Crippen LogP) is 4.45. The number of anilines is 1. The lowest BCUT2D eigenvalue weighted by Gasteiger charge is -2.13. The standard InChI is InChI=1S/C20H22N2O3/c1-13-5-9-16(10-6-13)21-19(18(15(3)23)20(24)25-4)22-17-11-7-14(2)8-12-17/h5-12,23H,1-4H3,(H,21,22). The normalized spacial score (nSPS) is 12.4. The van der Waals surface area contributed by atoms with Gasteiger partial charge in [0.05, 0.1) is 12.8 Å². The van der Waals surface area contributed by atoms with E-state index in [1.165, 1.54) is 14.0 Å². The summed E-state index contributed by atoms with van der Waals surface area (Å²) >= 11 is 0. The first kappa shape index (κ1) is 18.3. The molecule has 0 aliphatic carbocycles. The molecule has 5 nitrogen and oxygen atoms in total. The minimum absolute atomic E-state index is 0.0105. The van der Waals surface area contributed by atoms with Crippen LogP contribution in [0.3, 0.4) is 0 Å². The number of aliphatic imine (C=N–C) groups is 1. The Labute approximate surface area is 147 Å². The van der Waals surface area contributed by atoms with Gasteiger partial charge in [0.15, 0.2) is 0 Å². The fraction of sp³-hybridized carbons (Fsp3) is 0.200. The monoisotopic (exact) mass is 338 g/mol. The van der Waals surface area contributed by atoms with Crippen molar-refractivity contribution in [2.24, 2.45) is 4.99 Å². The van der Waals surface area contributed by atoms with E-state index < -0.39 is 5.97 Å². The van der Waals surface area contributed by atoms with Crippen LogP contribution in [0.1, 0.15) is 18.1 Å². The number of carbonyl (C=O) groups is 1. The maximum atomic E-state index is 12.1. The summed E-state index contributed by atoms with van der Waals surface area (Å²) in [5.41, 5.74) is 3.62. The molecule has 0 spiro atoms. The molecule has 2 N–H and O–H groups in total. The highest BCUT2D eigenvalue weighted by atomic mass is 16.5. The number of allylic oxidation sites excluding steroid dienone is 1. The first-order chi connectivity index (χ1) is 11.9. The van der Waals surface area contributed by atoms with Gasteiger partial charge < -0.3 is 15.2 Å². The summed E-state index contributed by atoms with van der Waals surface area (Å²) < 4.78 is 4.79. The van der Waals surface area contributed by atoms with Crippen LogP contribution in [-0.2, 0) is 9.53 Å². The van der Waals surface area contributed by atoms with Crippen LogP contribution in [0.5, 0.6) is 0 Å². The lowest BCUT2D eigenvalue weighted by molar-refractivity contribution is -0.135. The summed E-state index contributed by atoms with van der Waals surface area (Å²) in [4.78, 5) is 16.6. The summed E-state index contributed by atoms with van der Waals surface area (Å²) in [6, 6.07) is 15.2. The molecule has 130 valence electrons. The predicted molar refractivity (Wildman–Crippen MR) is 100 cm³/mol. The number of aliphatic hydroxyl groups is 1. The molecule has 0 saturated carbocycles. The first-order valence-electron chi connectivity index (χ1n) is 7.88. The number of aryl methyl sites for hydroxylation is 2. The van der Waals surface area contributed by atoms with E-state index in [9.17, 15) is 9.90 Å². The van der Waals surface area contributed by atoms with E-state index in [1.807, 2.05) is 62.4 Å². The lowest BCUT2D eigenvalue weighted by atomic mass is 10.1. The van der Waals surface area contributed by atoms with Crippen LogP contribution in [0.15, 0.2) is 64.9 Å². The molecular formula is C20H22N2O3. The summed E-state index contributed by atoms with van der Waals surface area (Å²) in [7, 11) is 1.26. The van der Waals surface area contributed by atoms with Crippen molar-refractivity contribution in [3.05, 3.63) is 71.0 Å². The molecule has 2 aromatic rings. The molecule has 0 aliphatic heterocycles. The molecule has 0 unspecified atom stereocenters. The van der Waals surface area contributed by atoms with Crippen LogP contribution < -0.4 is 5.32 Å². The van der Waals surface area contributed by atoms with Gasteiger partial charge in [-0.15, -0.1) is 0 Å². The Hall–Kier alpha value is -3.08. The van der Waals surface area contributed by atoms with Crippen molar-refractivity contribution in [3.63, 3.8) is 0 Å². The molecule has 2 rings (SSSR count). The number of rotatable bonds is 4. The Morgan fingerprint density at radius 3 is 2.00 bits per heavy atom. The SMILES string of the molecule is COC(=O)C(C(=Nc1ccc(C)cc1)Nc1ccc(C)cc1)=C(C)O. The zero-order valence-electron chi connectivity index (χ0n) is 14.8. The Balaban J connectivity index is 2.50. The third-order valence-electron chi connectivity index (χ3n) is 3.58. The molecule has 0 fully saturated rings. The Morgan fingerprint density at radius 2 is 1.52 bits per heavy atom. The molecule has 0 heterocycles. The molecule has 0 aliphatic rings. The van der Waals surface area contributed by atoms with Crippen LogP contribution >= 0.6 is 0 Å². The topological polar surface area (TPSA) is 70.9 Å². The summed E-state index contributed by atoms with van der Waals surface area (Å²) in [5, 5.41) is 13.1. The van der Waals surface area contributed by atoms with E-state index in [-0.39, 0.29) is 17.2 Å². The van der Waals surface area contributed by atoms with Gasteiger partial charge >= 0.3 is 5.97 Å². The number of hydrogen-bond donors (Lipinski definition) is 2. The molecule has 0 atom stereocenters. The molecular weight excluding hydrogens is 316 g/mol. The quantitative estimate of drug-likeness (QED) is 0.284. The second kappa shape index (κ2) is 8.15. The van der Waals surface area contributed by atoms with Crippen molar-refractivity contribution < 1.29 is 14.6 Å². The van der Waals surface area contributed by atoms with Gasteiger partial charge in [0.25, 0.3) is 0 Å². The van der Waals surface area contributed by atoms with Crippen LogP contribution in [0.25, 0.3) is 0 Å². The average molecular weight is 338 g/mol. The van der Waals surface area contributed by atoms with Gasteiger partial charge in [-0.1, -0.05) is 35.4 Å². The van der Waals surface area contributed by atoms with Crippen molar-refractivity contribution in [2.75, 3.05) is 12.4 Å². The van der Waals surface area contributed by atoms with Crippen LogP contribution in [0.4, 0.5) is 11.4 Å². The molecule has 2 aromatic carbocycles. The highest BCUT2D eigenvalue weighted by molar-refractivity contribution is 6.24. The highest BCUT2D eigenvalue weighted by Gasteiger charge is 2.21. The minimum atomic E-state index is -0.662. The summed E-state index contributed by atoms with van der Waals surface area (Å²) in [6.45, 7) is 5.40. The maximum absolute atomic E-state index is 12.1. The van der Waals surface area contributed by atoms with E-state index in [1.54, 1.807) is 0 Å². The van der Waals surface area contributed by atoms with Crippen molar-refractivity contribution in [1.82, 2.24) is 0 Å². The first-order valence-corrected chi connectivity index (χ1v) is 7.88. The van der Waals surface area contributed by atoms with E-state index in [2.05, 4.69) is 10.3 Å². The number of nitrogens with zero attached hydrogens (tertiary/aromatic N) is 1. The maximum Gasteiger partial charge on any atom is 0.345 e. The number of hydrogen-bond acceptors (Lipinski definition) is 4. The highest BCUT2D eigenvalue weighted by Crippen LogP contribution is 2.19. The van der Waals surface area contributed by atoms with Gasteiger partial charge in [-0.3, -0.25) is 0 Å². The fourth-order valence-corrected chi connectivity index (χ4v) is 2.19. The Bertz CT molecular complexity index is 800. The molecule has 0 aromatic heterocycles. The number of amidine groups is 1. The molecule has 5 heteroatoms. The largest absolute Gasteiger partial charge is 0.512 e. The zero-order chi connectivity index (χ0) is 18.4. The second-order valence-corrected chi connectivity index (χ2v) is 5.74. The number of methoxy groups -OCH3 is 1. The zero-order valence-corrected chi connectivity index (χ0v) is 14.8.